The number of aromatic nitrogens is 1. The molecule has 1 aliphatic rings. The van der Waals surface area contributed by atoms with Gasteiger partial charge in [-0.1, -0.05) is 11.6 Å². The summed E-state index contributed by atoms with van der Waals surface area (Å²) in [4.78, 5) is 14.3. The smallest absolute Gasteiger partial charge is 0.239 e. The number of nitrogens with one attached hydrogen (secondary N) is 2. The Kier molecular flexibility index (Phi) is 5.76. The normalized spacial score (nSPS) is 19.2. The summed E-state index contributed by atoms with van der Waals surface area (Å²) in [6.07, 6.45) is 3.71. The quantitative estimate of drug-likeness (QED) is 0.837. The Balaban J connectivity index is 1.84. The fraction of sp³-hybridized carbons (Fsp3) is 0.733. The van der Waals surface area contributed by atoms with Gasteiger partial charge in [0, 0.05) is 24.7 Å². The lowest BCUT2D eigenvalue weighted by Gasteiger charge is -2.32. The lowest BCUT2D eigenvalue weighted by atomic mass is 10.0. The summed E-state index contributed by atoms with van der Waals surface area (Å²) in [5, 5.41) is 10.1. The second kappa shape index (κ2) is 7.56. The molecule has 0 saturated carbocycles. The molecule has 6 nitrogen and oxygen atoms in total. The van der Waals surface area contributed by atoms with Crippen LogP contribution in [0.5, 0.6) is 0 Å². The van der Waals surface area contributed by atoms with Gasteiger partial charge >= 0.3 is 0 Å². The molecule has 0 bridgehead atoms. The molecule has 1 fully saturated rings. The summed E-state index contributed by atoms with van der Waals surface area (Å²) >= 11 is 0. The summed E-state index contributed by atoms with van der Waals surface area (Å²) in [6, 6.07) is 2.54. The first-order valence-electron chi connectivity index (χ1n) is 7.75. The second-order valence-corrected chi connectivity index (χ2v) is 6.04. The molecule has 1 aliphatic heterocycles. The van der Waals surface area contributed by atoms with Crippen LogP contribution in [0, 0.1) is 6.92 Å². The molecule has 118 valence electrons. The first-order chi connectivity index (χ1) is 10.0. The van der Waals surface area contributed by atoms with Crippen LogP contribution in [0.15, 0.2) is 10.6 Å². The number of hydrogen-bond donors (Lipinski definition) is 2. The van der Waals surface area contributed by atoms with Gasteiger partial charge in [-0.3, -0.25) is 9.69 Å². The van der Waals surface area contributed by atoms with Crippen molar-refractivity contribution in [1.82, 2.24) is 15.4 Å². The van der Waals surface area contributed by atoms with E-state index in [1.807, 2.05) is 0 Å². The number of aryl methyl sites for hydroxylation is 1. The minimum atomic E-state index is -0.0483. The Hall–Kier alpha value is -1.40. The highest BCUT2D eigenvalue weighted by molar-refractivity contribution is 5.91. The Labute approximate surface area is 126 Å². The highest BCUT2D eigenvalue weighted by Crippen LogP contribution is 2.11. The fourth-order valence-electron chi connectivity index (χ4n) is 2.61. The number of hydrogen-bond acceptors (Lipinski definition) is 5. The molecule has 2 rings (SSSR count). The third-order valence-corrected chi connectivity index (χ3v) is 3.84. The van der Waals surface area contributed by atoms with E-state index in [4.69, 9.17) is 4.52 Å². The number of rotatable bonds is 6. The summed E-state index contributed by atoms with van der Waals surface area (Å²) in [5.41, 5.74) is 0. The summed E-state index contributed by atoms with van der Waals surface area (Å²) in [7, 11) is 0. The van der Waals surface area contributed by atoms with E-state index >= 15 is 0 Å². The van der Waals surface area contributed by atoms with Crippen molar-refractivity contribution in [2.24, 2.45) is 0 Å². The second-order valence-electron chi connectivity index (χ2n) is 6.04. The molecule has 1 aromatic heterocycles. The van der Waals surface area contributed by atoms with Gasteiger partial charge in [-0.2, -0.15) is 0 Å². The predicted octanol–water partition coefficient (Wildman–Crippen LogP) is 1.77. The highest BCUT2D eigenvalue weighted by Gasteiger charge is 2.21. The van der Waals surface area contributed by atoms with Crippen molar-refractivity contribution in [3.8, 4) is 0 Å². The molecule has 1 saturated heterocycles. The lowest BCUT2D eigenvalue weighted by Crippen LogP contribution is -2.48. The van der Waals surface area contributed by atoms with Gasteiger partial charge in [-0.05, 0) is 40.2 Å². The Morgan fingerprint density at radius 3 is 2.95 bits per heavy atom. The topological polar surface area (TPSA) is 70.4 Å². The van der Waals surface area contributed by atoms with E-state index < -0.39 is 0 Å². The van der Waals surface area contributed by atoms with E-state index in [9.17, 15) is 4.79 Å². The van der Waals surface area contributed by atoms with Gasteiger partial charge in [0.2, 0.25) is 5.91 Å². The molecule has 0 aromatic carbocycles. The summed E-state index contributed by atoms with van der Waals surface area (Å²) < 4.78 is 4.95. The number of piperidine rings is 1. The molecule has 2 N–H and O–H groups in total. The minimum Gasteiger partial charge on any atom is -0.360 e. The maximum Gasteiger partial charge on any atom is 0.239 e. The zero-order valence-corrected chi connectivity index (χ0v) is 13.2. The van der Waals surface area contributed by atoms with Crippen molar-refractivity contribution in [2.45, 2.75) is 52.1 Å². The maximum absolute atomic E-state index is 12.1. The number of amides is 1. The van der Waals surface area contributed by atoms with Gasteiger partial charge in [0.15, 0.2) is 5.82 Å². The zero-order chi connectivity index (χ0) is 15.2. The first-order valence-corrected chi connectivity index (χ1v) is 7.75. The van der Waals surface area contributed by atoms with Crippen molar-refractivity contribution in [3.05, 3.63) is 11.8 Å². The predicted molar refractivity (Wildman–Crippen MR) is 82.2 cm³/mol. The van der Waals surface area contributed by atoms with E-state index in [-0.39, 0.29) is 5.91 Å². The Morgan fingerprint density at radius 2 is 2.38 bits per heavy atom. The van der Waals surface area contributed by atoms with Gasteiger partial charge in [0.1, 0.15) is 5.76 Å². The van der Waals surface area contributed by atoms with Crippen LogP contribution in [0.25, 0.3) is 0 Å². The molecule has 2 heterocycles. The van der Waals surface area contributed by atoms with Gasteiger partial charge < -0.3 is 15.2 Å². The molecule has 0 radical (unpaired) electrons. The molecule has 21 heavy (non-hydrogen) atoms. The van der Waals surface area contributed by atoms with Crippen molar-refractivity contribution in [1.29, 1.82) is 0 Å². The maximum atomic E-state index is 12.1. The third kappa shape index (κ3) is 5.13. The Morgan fingerprint density at radius 1 is 1.57 bits per heavy atom. The number of anilines is 1. The van der Waals surface area contributed by atoms with E-state index in [2.05, 4.69) is 34.5 Å². The highest BCUT2D eigenvalue weighted by atomic mass is 16.5. The van der Waals surface area contributed by atoms with Crippen LogP contribution in [-0.4, -0.2) is 47.7 Å². The van der Waals surface area contributed by atoms with Gasteiger partial charge in [-0.15, -0.1) is 0 Å². The standard InChI is InChI=1S/C15H26N4O2/c1-11(2)19(9-13-6-4-5-7-16-13)10-15(20)17-14-8-12(3)21-18-14/h8,11,13,16H,4-7,9-10H2,1-3H3,(H,17,18,20). The molecular formula is C15H26N4O2. The zero-order valence-electron chi connectivity index (χ0n) is 13.2. The van der Waals surface area contributed by atoms with Gasteiger partial charge in [0.05, 0.1) is 6.54 Å². The number of nitrogens with zero attached hydrogens (tertiary/aromatic N) is 2. The van der Waals surface area contributed by atoms with Crippen molar-refractivity contribution in [2.75, 3.05) is 25.0 Å². The molecule has 1 unspecified atom stereocenters. The largest absolute Gasteiger partial charge is 0.360 e. The van der Waals surface area contributed by atoms with Crippen molar-refractivity contribution < 1.29 is 9.32 Å². The third-order valence-electron chi connectivity index (χ3n) is 3.84. The molecule has 0 aliphatic carbocycles. The van der Waals surface area contributed by atoms with Crippen LogP contribution in [0.3, 0.4) is 0 Å². The molecule has 1 amide bonds. The van der Waals surface area contributed by atoms with E-state index in [0.29, 0.717) is 30.2 Å². The van der Waals surface area contributed by atoms with Crippen LogP contribution in [0.2, 0.25) is 0 Å². The first kappa shape index (κ1) is 16.0. The van der Waals surface area contributed by atoms with E-state index in [0.717, 1.165) is 13.1 Å². The van der Waals surface area contributed by atoms with Crippen LogP contribution in [0.1, 0.15) is 38.9 Å². The van der Waals surface area contributed by atoms with Crippen LogP contribution < -0.4 is 10.6 Å². The summed E-state index contributed by atoms with van der Waals surface area (Å²) in [5.74, 6) is 1.13. The number of carbonyl (C=O) groups excluding carboxylic acids is 1. The van der Waals surface area contributed by atoms with E-state index in [1.54, 1.807) is 13.0 Å². The van der Waals surface area contributed by atoms with Crippen molar-refractivity contribution in [3.63, 3.8) is 0 Å². The number of carbonyl (C=O) groups is 1. The molecule has 1 aromatic rings. The van der Waals surface area contributed by atoms with Crippen molar-refractivity contribution >= 4 is 11.7 Å². The Bertz CT molecular complexity index is 452. The lowest BCUT2D eigenvalue weighted by molar-refractivity contribution is -0.117. The molecule has 6 heteroatoms. The van der Waals surface area contributed by atoms with Crippen LogP contribution in [0.4, 0.5) is 5.82 Å². The average molecular weight is 294 g/mol. The average Bonchev–Trinajstić information content (AvgIpc) is 2.84. The monoisotopic (exact) mass is 294 g/mol. The fourth-order valence-corrected chi connectivity index (χ4v) is 2.61. The van der Waals surface area contributed by atoms with Crippen LogP contribution in [-0.2, 0) is 4.79 Å². The molecule has 0 spiro atoms. The SMILES string of the molecule is Cc1cc(NC(=O)CN(CC2CCCCN2)C(C)C)no1. The van der Waals surface area contributed by atoms with Crippen LogP contribution >= 0.6 is 0 Å². The van der Waals surface area contributed by atoms with Gasteiger partial charge in [-0.25, -0.2) is 0 Å². The van der Waals surface area contributed by atoms with Gasteiger partial charge in [0.25, 0.3) is 0 Å². The molecular weight excluding hydrogens is 268 g/mol. The minimum absolute atomic E-state index is 0.0483. The van der Waals surface area contributed by atoms with E-state index in [1.165, 1.54) is 19.3 Å². The molecule has 1 atom stereocenters. The summed E-state index contributed by atoms with van der Waals surface area (Å²) in [6.45, 7) is 8.41.